The average molecular weight is 297 g/mol. The number of aryl methyl sites for hydroxylation is 3. The van der Waals surface area contributed by atoms with Crippen LogP contribution in [0.3, 0.4) is 0 Å². The predicted molar refractivity (Wildman–Crippen MR) is 79.1 cm³/mol. The van der Waals surface area contributed by atoms with Crippen molar-refractivity contribution in [2.24, 2.45) is 5.73 Å². The number of hydrogen-bond donors (Lipinski definition) is 3. The molecule has 1 aromatic rings. The lowest BCUT2D eigenvalue weighted by molar-refractivity contribution is -0.139. The van der Waals surface area contributed by atoms with Gasteiger partial charge in [-0.3, -0.25) is 14.3 Å². The SMILES string of the molecule is Cc1cc(C)n(CCCNC(=O)C(=O)NCC(N)=S)n1. The van der Waals surface area contributed by atoms with E-state index in [0.717, 1.165) is 11.4 Å². The molecule has 0 aliphatic rings. The quantitative estimate of drug-likeness (QED) is 0.370. The van der Waals surface area contributed by atoms with Crippen molar-refractivity contribution in [3.63, 3.8) is 0 Å². The van der Waals surface area contributed by atoms with Crippen LogP contribution in [0, 0.1) is 13.8 Å². The number of amides is 2. The van der Waals surface area contributed by atoms with Gasteiger partial charge in [-0.1, -0.05) is 12.2 Å². The Morgan fingerprint density at radius 2 is 2.00 bits per heavy atom. The molecule has 0 aliphatic heterocycles. The molecule has 110 valence electrons. The highest BCUT2D eigenvalue weighted by molar-refractivity contribution is 7.80. The van der Waals surface area contributed by atoms with E-state index in [-0.39, 0.29) is 11.5 Å². The molecule has 0 spiro atoms. The fraction of sp³-hybridized carbons (Fsp3) is 0.500. The van der Waals surface area contributed by atoms with Crippen LogP contribution >= 0.6 is 12.2 Å². The number of aromatic nitrogens is 2. The zero-order valence-electron chi connectivity index (χ0n) is 11.6. The van der Waals surface area contributed by atoms with Crippen LogP contribution in [-0.2, 0) is 16.1 Å². The third-order valence-corrected chi connectivity index (χ3v) is 2.71. The van der Waals surface area contributed by atoms with Crippen molar-refractivity contribution in [2.75, 3.05) is 13.1 Å². The second kappa shape index (κ2) is 7.59. The van der Waals surface area contributed by atoms with Crippen LogP contribution < -0.4 is 16.4 Å². The molecule has 0 saturated carbocycles. The molecule has 0 radical (unpaired) electrons. The van der Waals surface area contributed by atoms with Crippen molar-refractivity contribution in [1.29, 1.82) is 0 Å². The Kier molecular flexibility index (Phi) is 6.10. The Hall–Kier alpha value is -1.96. The van der Waals surface area contributed by atoms with Crippen LogP contribution in [-0.4, -0.2) is 39.7 Å². The van der Waals surface area contributed by atoms with E-state index in [4.69, 9.17) is 5.73 Å². The predicted octanol–water partition coefficient (Wildman–Crippen LogP) is -0.591. The Balaban J connectivity index is 2.23. The summed E-state index contributed by atoms with van der Waals surface area (Å²) in [5.41, 5.74) is 7.25. The molecule has 0 atom stereocenters. The highest BCUT2D eigenvalue weighted by Gasteiger charge is 2.12. The standard InChI is InChI=1S/C12H19N5O2S/c1-8-6-9(2)17(16-8)5-3-4-14-11(18)12(19)15-7-10(13)20/h6H,3-5,7H2,1-2H3,(H2,13,20)(H,14,18)(H,15,19). The van der Waals surface area contributed by atoms with Gasteiger partial charge in [-0.05, 0) is 26.3 Å². The molecule has 8 heteroatoms. The number of thiocarbonyl (C=S) groups is 1. The lowest BCUT2D eigenvalue weighted by Crippen LogP contribution is -2.43. The van der Waals surface area contributed by atoms with E-state index in [2.05, 4.69) is 28.0 Å². The van der Waals surface area contributed by atoms with Crippen LogP contribution in [0.1, 0.15) is 17.8 Å². The summed E-state index contributed by atoms with van der Waals surface area (Å²) >= 11 is 4.60. The van der Waals surface area contributed by atoms with Crippen LogP contribution in [0.15, 0.2) is 6.07 Å². The van der Waals surface area contributed by atoms with E-state index in [0.29, 0.717) is 19.5 Å². The van der Waals surface area contributed by atoms with Gasteiger partial charge in [0.05, 0.1) is 17.2 Å². The Morgan fingerprint density at radius 1 is 1.35 bits per heavy atom. The second-order valence-electron chi connectivity index (χ2n) is 4.41. The molecule has 1 rings (SSSR count). The van der Waals surface area contributed by atoms with Crippen molar-refractivity contribution < 1.29 is 9.59 Å². The van der Waals surface area contributed by atoms with Crippen molar-refractivity contribution in [2.45, 2.75) is 26.8 Å². The van der Waals surface area contributed by atoms with Crippen molar-refractivity contribution in [3.05, 3.63) is 17.5 Å². The molecule has 0 fully saturated rings. The Labute approximate surface area is 122 Å². The first-order chi connectivity index (χ1) is 9.40. The Morgan fingerprint density at radius 3 is 2.55 bits per heavy atom. The number of nitrogens with two attached hydrogens (primary N) is 1. The first-order valence-corrected chi connectivity index (χ1v) is 6.66. The maximum atomic E-state index is 11.4. The molecule has 2 amide bonds. The molecule has 7 nitrogen and oxygen atoms in total. The Bertz CT molecular complexity index is 512. The molecule has 0 unspecified atom stereocenters. The number of hydrogen-bond acceptors (Lipinski definition) is 4. The van der Waals surface area contributed by atoms with Gasteiger partial charge >= 0.3 is 11.8 Å². The normalized spacial score (nSPS) is 10.1. The number of nitrogens with zero attached hydrogens (tertiary/aromatic N) is 2. The smallest absolute Gasteiger partial charge is 0.309 e. The maximum absolute atomic E-state index is 11.4. The minimum Gasteiger partial charge on any atom is -0.392 e. The van der Waals surface area contributed by atoms with E-state index < -0.39 is 11.8 Å². The van der Waals surface area contributed by atoms with Gasteiger partial charge in [-0.2, -0.15) is 5.10 Å². The highest BCUT2D eigenvalue weighted by Crippen LogP contribution is 2.02. The molecule has 1 heterocycles. The zero-order valence-corrected chi connectivity index (χ0v) is 12.4. The lowest BCUT2D eigenvalue weighted by Gasteiger charge is -2.07. The van der Waals surface area contributed by atoms with Gasteiger partial charge in [0.25, 0.3) is 0 Å². The fourth-order valence-electron chi connectivity index (χ4n) is 1.66. The minimum atomic E-state index is -0.732. The van der Waals surface area contributed by atoms with E-state index >= 15 is 0 Å². The number of carbonyl (C=O) groups is 2. The van der Waals surface area contributed by atoms with E-state index in [1.165, 1.54) is 0 Å². The molecular formula is C12H19N5O2S. The number of rotatable bonds is 6. The van der Waals surface area contributed by atoms with Crippen LogP contribution in [0.2, 0.25) is 0 Å². The van der Waals surface area contributed by atoms with Crippen LogP contribution in [0.25, 0.3) is 0 Å². The molecule has 0 aliphatic carbocycles. The molecule has 4 N–H and O–H groups in total. The molecular weight excluding hydrogens is 278 g/mol. The summed E-state index contributed by atoms with van der Waals surface area (Å²) in [7, 11) is 0. The van der Waals surface area contributed by atoms with Gasteiger partial charge in [0.1, 0.15) is 0 Å². The van der Waals surface area contributed by atoms with Gasteiger partial charge in [0.15, 0.2) is 0 Å². The monoisotopic (exact) mass is 297 g/mol. The summed E-state index contributed by atoms with van der Waals surface area (Å²) in [5.74, 6) is -1.42. The molecule has 1 aromatic heterocycles. The summed E-state index contributed by atoms with van der Waals surface area (Å²) in [6.07, 6.45) is 0.691. The van der Waals surface area contributed by atoms with Crippen molar-refractivity contribution >= 4 is 29.0 Å². The first-order valence-electron chi connectivity index (χ1n) is 6.25. The van der Waals surface area contributed by atoms with Crippen LogP contribution in [0.4, 0.5) is 0 Å². The molecule has 0 aromatic carbocycles. The minimum absolute atomic E-state index is 0.0212. The topological polar surface area (TPSA) is 102 Å². The summed E-state index contributed by atoms with van der Waals surface area (Å²) < 4.78 is 1.87. The van der Waals surface area contributed by atoms with Gasteiger partial charge < -0.3 is 16.4 Å². The fourth-order valence-corrected chi connectivity index (χ4v) is 1.73. The molecule has 0 bridgehead atoms. The average Bonchev–Trinajstić information content (AvgIpc) is 2.69. The summed E-state index contributed by atoms with van der Waals surface area (Å²) in [6.45, 7) is 5.01. The third kappa shape index (κ3) is 5.35. The highest BCUT2D eigenvalue weighted by atomic mass is 32.1. The summed E-state index contributed by atoms with van der Waals surface area (Å²) in [4.78, 5) is 22.9. The zero-order chi connectivity index (χ0) is 15.1. The van der Waals surface area contributed by atoms with Crippen molar-refractivity contribution in [1.82, 2.24) is 20.4 Å². The number of nitrogens with one attached hydrogen (secondary N) is 2. The molecule has 0 saturated heterocycles. The van der Waals surface area contributed by atoms with Gasteiger partial charge in [-0.25, -0.2) is 0 Å². The first kappa shape index (κ1) is 16.1. The summed E-state index contributed by atoms with van der Waals surface area (Å²) in [5, 5.41) is 9.15. The number of carbonyl (C=O) groups excluding carboxylic acids is 2. The van der Waals surface area contributed by atoms with Gasteiger partial charge in [-0.15, -0.1) is 0 Å². The largest absolute Gasteiger partial charge is 0.392 e. The third-order valence-electron chi connectivity index (χ3n) is 2.57. The lowest BCUT2D eigenvalue weighted by atomic mass is 10.3. The molecule has 20 heavy (non-hydrogen) atoms. The second-order valence-corrected chi connectivity index (χ2v) is 4.93. The van der Waals surface area contributed by atoms with Gasteiger partial charge in [0, 0.05) is 18.8 Å². The van der Waals surface area contributed by atoms with Crippen molar-refractivity contribution in [3.8, 4) is 0 Å². The summed E-state index contributed by atoms with van der Waals surface area (Å²) in [6, 6.07) is 1.99. The van der Waals surface area contributed by atoms with Gasteiger partial charge in [0.2, 0.25) is 0 Å². The van der Waals surface area contributed by atoms with E-state index in [1.807, 2.05) is 24.6 Å². The van der Waals surface area contributed by atoms with E-state index in [9.17, 15) is 9.59 Å². The van der Waals surface area contributed by atoms with E-state index in [1.54, 1.807) is 0 Å². The maximum Gasteiger partial charge on any atom is 0.309 e. The van der Waals surface area contributed by atoms with Crippen LogP contribution in [0.5, 0.6) is 0 Å².